The smallest absolute Gasteiger partial charge is 0.174 e. The number of hydrogen-bond acceptors (Lipinski definition) is 4. The van der Waals surface area contributed by atoms with Crippen LogP contribution in [0.5, 0.6) is 0 Å². The van der Waals surface area contributed by atoms with Gasteiger partial charge in [0.1, 0.15) is 0 Å². The third-order valence-corrected chi connectivity index (χ3v) is 2.63. The van der Waals surface area contributed by atoms with Crippen molar-refractivity contribution in [3.8, 4) is 0 Å². The van der Waals surface area contributed by atoms with E-state index in [1.165, 1.54) is 0 Å². The number of hydrogen-bond donors (Lipinski definition) is 2. The second-order valence-electron chi connectivity index (χ2n) is 3.97. The van der Waals surface area contributed by atoms with Crippen molar-refractivity contribution in [3.05, 3.63) is 16.4 Å². The van der Waals surface area contributed by atoms with Gasteiger partial charge in [-0.2, -0.15) is 0 Å². The van der Waals surface area contributed by atoms with Gasteiger partial charge in [0, 0.05) is 12.6 Å². The zero-order valence-electron chi connectivity index (χ0n) is 9.30. The minimum atomic E-state index is -0.770. The van der Waals surface area contributed by atoms with Crippen LogP contribution in [0.3, 0.4) is 0 Å². The predicted molar refractivity (Wildman–Crippen MR) is 66.1 cm³/mol. The van der Waals surface area contributed by atoms with Crippen LogP contribution in [0.2, 0.25) is 10.3 Å². The van der Waals surface area contributed by atoms with E-state index in [-0.39, 0.29) is 10.3 Å². The summed E-state index contributed by atoms with van der Waals surface area (Å²) < 4.78 is 0. The molecule has 16 heavy (non-hydrogen) atoms. The number of rotatable bonds is 5. The van der Waals surface area contributed by atoms with Crippen LogP contribution in [-0.4, -0.2) is 27.4 Å². The monoisotopic (exact) mass is 263 g/mol. The van der Waals surface area contributed by atoms with Crippen molar-refractivity contribution in [1.82, 2.24) is 10.2 Å². The van der Waals surface area contributed by atoms with Crippen molar-refractivity contribution in [2.45, 2.75) is 32.3 Å². The lowest BCUT2D eigenvalue weighted by Gasteiger charge is -2.23. The zero-order chi connectivity index (χ0) is 12.2. The van der Waals surface area contributed by atoms with Crippen molar-refractivity contribution in [3.63, 3.8) is 0 Å². The molecule has 1 aromatic rings. The van der Waals surface area contributed by atoms with Crippen molar-refractivity contribution in [1.29, 1.82) is 0 Å². The molecule has 1 rings (SSSR count). The normalized spacial score (nSPS) is 14.6. The van der Waals surface area contributed by atoms with E-state index >= 15 is 0 Å². The first-order valence-electron chi connectivity index (χ1n) is 5.09. The number of aliphatic hydroxyl groups is 1. The lowest BCUT2D eigenvalue weighted by Crippen LogP contribution is -2.33. The van der Waals surface area contributed by atoms with E-state index in [0.717, 1.165) is 6.42 Å². The Labute approximate surface area is 105 Å². The molecule has 0 fully saturated rings. The van der Waals surface area contributed by atoms with Crippen LogP contribution < -0.4 is 5.32 Å². The SMILES string of the molecule is CCCC(C)(O)CNc1cc(Cl)nnc1Cl. The summed E-state index contributed by atoms with van der Waals surface area (Å²) in [4.78, 5) is 0. The Hall–Kier alpha value is -0.580. The quantitative estimate of drug-likeness (QED) is 0.858. The van der Waals surface area contributed by atoms with E-state index in [0.29, 0.717) is 18.7 Å². The summed E-state index contributed by atoms with van der Waals surface area (Å²) in [5.74, 6) is 0. The minimum Gasteiger partial charge on any atom is -0.388 e. The molecular weight excluding hydrogens is 249 g/mol. The van der Waals surface area contributed by atoms with Crippen LogP contribution in [0.25, 0.3) is 0 Å². The van der Waals surface area contributed by atoms with E-state index < -0.39 is 5.60 Å². The van der Waals surface area contributed by atoms with E-state index in [2.05, 4.69) is 15.5 Å². The predicted octanol–water partition coefficient (Wildman–Crippen LogP) is 2.75. The van der Waals surface area contributed by atoms with Crippen molar-refractivity contribution >= 4 is 28.9 Å². The Balaban J connectivity index is 2.63. The van der Waals surface area contributed by atoms with Crippen LogP contribution >= 0.6 is 23.2 Å². The molecule has 6 heteroatoms. The number of anilines is 1. The fraction of sp³-hybridized carbons (Fsp3) is 0.600. The van der Waals surface area contributed by atoms with E-state index in [1.54, 1.807) is 13.0 Å². The van der Waals surface area contributed by atoms with E-state index in [9.17, 15) is 5.11 Å². The van der Waals surface area contributed by atoms with Gasteiger partial charge in [-0.3, -0.25) is 0 Å². The Morgan fingerprint density at radius 1 is 1.44 bits per heavy atom. The summed E-state index contributed by atoms with van der Waals surface area (Å²) >= 11 is 11.5. The summed E-state index contributed by atoms with van der Waals surface area (Å²) in [5, 5.41) is 20.7. The molecule has 1 atom stereocenters. The lowest BCUT2D eigenvalue weighted by molar-refractivity contribution is 0.0637. The molecule has 0 amide bonds. The second-order valence-corrected chi connectivity index (χ2v) is 4.72. The van der Waals surface area contributed by atoms with Gasteiger partial charge in [-0.15, -0.1) is 10.2 Å². The number of nitrogens with one attached hydrogen (secondary N) is 1. The zero-order valence-corrected chi connectivity index (χ0v) is 10.8. The van der Waals surface area contributed by atoms with Gasteiger partial charge >= 0.3 is 0 Å². The first-order valence-corrected chi connectivity index (χ1v) is 5.85. The Morgan fingerprint density at radius 3 is 2.75 bits per heavy atom. The molecule has 1 aromatic heterocycles. The average Bonchev–Trinajstić information content (AvgIpc) is 2.19. The molecule has 1 heterocycles. The van der Waals surface area contributed by atoms with Gasteiger partial charge in [-0.1, -0.05) is 36.5 Å². The molecular formula is C10H15Cl2N3O. The molecule has 0 bridgehead atoms. The summed E-state index contributed by atoms with van der Waals surface area (Å²) in [5.41, 5.74) is -0.188. The highest BCUT2D eigenvalue weighted by Crippen LogP contribution is 2.22. The fourth-order valence-corrected chi connectivity index (χ4v) is 1.70. The molecule has 0 radical (unpaired) electrons. The van der Waals surface area contributed by atoms with E-state index in [4.69, 9.17) is 23.2 Å². The molecule has 4 nitrogen and oxygen atoms in total. The number of aromatic nitrogens is 2. The topological polar surface area (TPSA) is 58.0 Å². The van der Waals surface area contributed by atoms with Gasteiger partial charge in [-0.25, -0.2) is 0 Å². The Bertz CT molecular complexity index is 358. The minimum absolute atomic E-state index is 0.247. The highest BCUT2D eigenvalue weighted by molar-refractivity contribution is 6.33. The second kappa shape index (κ2) is 5.66. The molecule has 0 aliphatic carbocycles. The summed E-state index contributed by atoms with van der Waals surface area (Å²) in [6, 6.07) is 1.58. The largest absolute Gasteiger partial charge is 0.388 e. The summed E-state index contributed by atoms with van der Waals surface area (Å²) in [7, 11) is 0. The molecule has 0 aromatic carbocycles. The number of nitrogens with zero attached hydrogens (tertiary/aromatic N) is 2. The van der Waals surface area contributed by atoms with Gasteiger partial charge in [0.15, 0.2) is 10.3 Å². The van der Waals surface area contributed by atoms with Crippen LogP contribution in [0.1, 0.15) is 26.7 Å². The summed E-state index contributed by atoms with van der Waals surface area (Å²) in [6.07, 6.45) is 1.63. The molecule has 0 spiro atoms. The molecule has 0 aliphatic rings. The van der Waals surface area contributed by atoms with Crippen molar-refractivity contribution in [2.75, 3.05) is 11.9 Å². The maximum absolute atomic E-state index is 9.96. The van der Waals surface area contributed by atoms with E-state index in [1.807, 2.05) is 6.92 Å². The highest BCUT2D eigenvalue weighted by Gasteiger charge is 2.19. The molecule has 90 valence electrons. The standard InChI is InChI=1S/C10H15Cl2N3O/c1-3-4-10(2,16)6-13-7-5-8(11)14-15-9(7)12/h5,16H,3-4,6H2,1-2H3,(H,13,14). The fourth-order valence-electron chi connectivity index (χ4n) is 1.39. The maximum atomic E-state index is 9.96. The first-order chi connectivity index (χ1) is 7.44. The Morgan fingerprint density at radius 2 is 2.12 bits per heavy atom. The molecule has 1 unspecified atom stereocenters. The van der Waals surface area contributed by atoms with Gasteiger partial charge in [0.2, 0.25) is 0 Å². The van der Waals surface area contributed by atoms with Crippen LogP contribution in [0.4, 0.5) is 5.69 Å². The third kappa shape index (κ3) is 4.12. The molecule has 0 saturated carbocycles. The molecule has 2 N–H and O–H groups in total. The lowest BCUT2D eigenvalue weighted by atomic mass is 10.0. The van der Waals surface area contributed by atoms with Crippen molar-refractivity contribution < 1.29 is 5.11 Å². The molecule has 0 saturated heterocycles. The van der Waals surface area contributed by atoms with Gasteiger partial charge in [0.05, 0.1) is 11.3 Å². The summed E-state index contributed by atoms with van der Waals surface area (Å²) in [6.45, 7) is 4.18. The number of halogens is 2. The van der Waals surface area contributed by atoms with Gasteiger partial charge < -0.3 is 10.4 Å². The van der Waals surface area contributed by atoms with Gasteiger partial charge in [-0.05, 0) is 13.3 Å². The maximum Gasteiger partial charge on any atom is 0.174 e. The Kier molecular flexibility index (Phi) is 4.77. The highest BCUT2D eigenvalue weighted by atomic mass is 35.5. The first kappa shape index (κ1) is 13.5. The van der Waals surface area contributed by atoms with Crippen LogP contribution in [0, 0.1) is 0 Å². The van der Waals surface area contributed by atoms with Crippen LogP contribution in [0.15, 0.2) is 6.07 Å². The van der Waals surface area contributed by atoms with Crippen molar-refractivity contribution in [2.24, 2.45) is 0 Å². The van der Waals surface area contributed by atoms with Gasteiger partial charge in [0.25, 0.3) is 0 Å². The van der Waals surface area contributed by atoms with Crippen LogP contribution in [-0.2, 0) is 0 Å². The average molecular weight is 264 g/mol. The molecule has 0 aliphatic heterocycles. The third-order valence-electron chi connectivity index (χ3n) is 2.17.